The van der Waals surface area contributed by atoms with Gasteiger partial charge in [-0.3, -0.25) is 10.9 Å². The highest BCUT2D eigenvalue weighted by atomic mass is 15.4. The molecule has 1 atom stereocenters. The van der Waals surface area contributed by atoms with Crippen LogP contribution in [0.2, 0.25) is 0 Å². The molecule has 0 fully saturated rings. The number of rotatable bonds is 1. The Labute approximate surface area is 175 Å². The molecule has 0 spiro atoms. The van der Waals surface area contributed by atoms with E-state index in [1.807, 2.05) is 0 Å². The molecule has 30 heavy (non-hydrogen) atoms. The Kier molecular flexibility index (Phi) is 3.40. The van der Waals surface area contributed by atoms with Gasteiger partial charge in [-0.1, -0.05) is 78.9 Å². The molecular weight excluding hydrogens is 364 g/mol. The molecule has 0 aromatic heterocycles. The zero-order valence-corrected chi connectivity index (χ0v) is 16.7. The lowest BCUT2D eigenvalue weighted by molar-refractivity contribution is 0.481. The molecule has 2 nitrogen and oxygen atoms in total. The van der Waals surface area contributed by atoms with Gasteiger partial charge in [-0.15, -0.1) is 0 Å². The van der Waals surface area contributed by atoms with Crippen molar-refractivity contribution in [3.05, 3.63) is 107 Å². The van der Waals surface area contributed by atoms with Crippen LogP contribution in [0.1, 0.15) is 33.7 Å². The summed E-state index contributed by atoms with van der Waals surface area (Å²) in [6.45, 7) is 1.85. The van der Waals surface area contributed by atoms with E-state index in [0.29, 0.717) is 5.92 Å². The van der Waals surface area contributed by atoms with Gasteiger partial charge in [0.25, 0.3) is 0 Å². The van der Waals surface area contributed by atoms with Gasteiger partial charge >= 0.3 is 0 Å². The van der Waals surface area contributed by atoms with Gasteiger partial charge in [0, 0.05) is 19.0 Å². The molecule has 5 aromatic rings. The molecule has 2 N–H and O–H groups in total. The fourth-order valence-corrected chi connectivity index (χ4v) is 5.70. The fraction of sp³-hybridized carbons (Fsp3) is 0.143. The molecule has 8 rings (SSSR count). The number of fused-ring (bicyclic) bond motifs is 7. The van der Waals surface area contributed by atoms with E-state index in [1.54, 1.807) is 0 Å². The van der Waals surface area contributed by atoms with Gasteiger partial charge in [-0.05, 0) is 66.6 Å². The molecule has 0 saturated heterocycles. The zero-order valence-electron chi connectivity index (χ0n) is 16.7. The van der Waals surface area contributed by atoms with Gasteiger partial charge < -0.3 is 0 Å². The Morgan fingerprint density at radius 3 is 2.23 bits per heavy atom. The van der Waals surface area contributed by atoms with Crippen LogP contribution in [-0.4, -0.2) is 0 Å². The van der Waals surface area contributed by atoms with Crippen LogP contribution in [0, 0.1) is 0 Å². The molecule has 144 valence electrons. The first-order valence-corrected chi connectivity index (χ1v) is 10.8. The summed E-state index contributed by atoms with van der Waals surface area (Å²) in [5, 5.41) is 8.01. The largest absolute Gasteiger partial charge is 0.253 e. The van der Waals surface area contributed by atoms with Gasteiger partial charge in [-0.25, -0.2) is 0 Å². The second-order valence-electron chi connectivity index (χ2n) is 8.66. The van der Waals surface area contributed by atoms with Crippen LogP contribution in [0.3, 0.4) is 0 Å². The third-order valence-electron chi connectivity index (χ3n) is 7.19. The van der Waals surface area contributed by atoms with Crippen molar-refractivity contribution >= 4 is 32.3 Å². The van der Waals surface area contributed by atoms with Crippen molar-refractivity contribution in [1.82, 2.24) is 10.9 Å². The molecule has 0 saturated carbocycles. The van der Waals surface area contributed by atoms with Crippen molar-refractivity contribution in [2.45, 2.75) is 25.4 Å². The van der Waals surface area contributed by atoms with Crippen LogP contribution in [0.25, 0.3) is 32.3 Å². The molecule has 0 amide bonds. The van der Waals surface area contributed by atoms with E-state index in [0.717, 1.165) is 19.5 Å². The van der Waals surface area contributed by atoms with Crippen molar-refractivity contribution in [2.75, 3.05) is 0 Å². The topological polar surface area (TPSA) is 24.1 Å². The number of hydrazine groups is 1. The minimum absolute atomic E-state index is 0.473. The lowest BCUT2D eigenvalue weighted by Crippen LogP contribution is -2.38. The van der Waals surface area contributed by atoms with Crippen molar-refractivity contribution in [2.24, 2.45) is 0 Å². The minimum Gasteiger partial charge on any atom is -0.253 e. The van der Waals surface area contributed by atoms with Gasteiger partial charge in [-0.2, -0.15) is 0 Å². The van der Waals surface area contributed by atoms with E-state index in [1.165, 1.54) is 60.1 Å². The number of hydrogen-bond acceptors (Lipinski definition) is 2. The number of nitrogens with one attached hydrogen (secondary N) is 2. The minimum atomic E-state index is 0.473. The average Bonchev–Trinajstić information content (AvgIpc) is 2.83. The Bertz CT molecular complexity index is 1480. The molecule has 3 aliphatic rings. The highest BCUT2D eigenvalue weighted by Crippen LogP contribution is 2.41. The Morgan fingerprint density at radius 2 is 1.33 bits per heavy atom. The Hall–Kier alpha value is -3.20. The van der Waals surface area contributed by atoms with Crippen LogP contribution in [0.4, 0.5) is 0 Å². The summed E-state index contributed by atoms with van der Waals surface area (Å²) in [5.41, 5.74) is 14.1. The Balaban J connectivity index is 1.40. The van der Waals surface area contributed by atoms with E-state index >= 15 is 0 Å². The van der Waals surface area contributed by atoms with Crippen LogP contribution in [0.15, 0.2) is 78.9 Å². The molecule has 2 bridgehead atoms. The molecule has 1 heterocycles. The zero-order chi connectivity index (χ0) is 19.7. The summed E-state index contributed by atoms with van der Waals surface area (Å²) in [6, 6.07) is 29.6. The maximum Gasteiger partial charge on any atom is 0.0357 e. The van der Waals surface area contributed by atoms with E-state index in [4.69, 9.17) is 0 Å². The van der Waals surface area contributed by atoms with Crippen LogP contribution >= 0.6 is 0 Å². The van der Waals surface area contributed by atoms with Gasteiger partial charge in [0.1, 0.15) is 0 Å². The molecule has 1 unspecified atom stereocenters. The predicted molar refractivity (Wildman–Crippen MR) is 125 cm³/mol. The fourth-order valence-electron chi connectivity index (χ4n) is 5.70. The van der Waals surface area contributed by atoms with Gasteiger partial charge in [0.2, 0.25) is 0 Å². The highest BCUT2D eigenvalue weighted by molar-refractivity contribution is 6.17. The van der Waals surface area contributed by atoms with E-state index < -0.39 is 0 Å². The van der Waals surface area contributed by atoms with E-state index in [-0.39, 0.29) is 0 Å². The van der Waals surface area contributed by atoms with Crippen molar-refractivity contribution in [3.63, 3.8) is 0 Å². The van der Waals surface area contributed by atoms with Gasteiger partial charge in [0.05, 0.1) is 0 Å². The maximum atomic E-state index is 3.33. The van der Waals surface area contributed by atoms with Crippen molar-refractivity contribution in [3.8, 4) is 0 Å². The normalized spacial score (nSPS) is 17.7. The third-order valence-corrected chi connectivity index (χ3v) is 7.19. The van der Waals surface area contributed by atoms with Crippen LogP contribution in [0.5, 0.6) is 0 Å². The summed E-state index contributed by atoms with van der Waals surface area (Å²) >= 11 is 0. The quantitative estimate of drug-likeness (QED) is 0.348. The summed E-state index contributed by atoms with van der Waals surface area (Å²) in [6.07, 6.45) is 1.12. The van der Waals surface area contributed by atoms with Gasteiger partial charge in [0.15, 0.2) is 0 Å². The third kappa shape index (κ3) is 2.26. The predicted octanol–water partition coefficient (Wildman–Crippen LogP) is 5.94. The molecule has 0 radical (unpaired) electrons. The van der Waals surface area contributed by atoms with Crippen molar-refractivity contribution in [1.29, 1.82) is 0 Å². The molecular formula is C28H22N2. The SMILES string of the molecule is c1ccc2c(c1)ccc1c3ccc(C4Cc5ccc4c4c5CNNC4)cc3ccc21. The number of benzene rings is 5. The lowest BCUT2D eigenvalue weighted by Gasteiger charge is -2.34. The highest BCUT2D eigenvalue weighted by Gasteiger charge is 2.29. The summed E-state index contributed by atoms with van der Waals surface area (Å²) in [5.74, 6) is 0.473. The second kappa shape index (κ2) is 6.15. The van der Waals surface area contributed by atoms with Crippen LogP contribution < -0.4 is 10.9 Å². The summed E-state index contributed by atoms with van der Waals surface area (Å²) in [4.78, 5) is 0. The molecule has 5 aromatic carbocycles. The monoisotopic (exact) mass is 386 g/mol. The standard InChI is InChI=1S/C28H22N2/c1-2-4-21-17(3-1)5-10-24-22-9-6-19(13-18(22)7-11-23(21)24)26-14-20-8-12-25(26)28-16-30-29-15-27(20)28/h1-13,26,29-30H,14-16H2. The smallest absolute Gasteiger partial charge is 0.0357 e. The molecule has 2 heteroatoms. The van der Waals surface area contributed by atoms with Crippen molar-refractivity contribution < 1.29 is 0 Å². The first kappa shape index (κ1) is 16.6. The summed E-state index contributed by atoms with van der Waals surface area (Å²) < 4.78 is 0. The van der Waals surface area contributed by atoms with E-state index in [9.17, 15) is 0 Å². The van der Waals surface area contributed by atoms with Crippen LogP contribution in [-0.2, 0) is 19.5 Å². The number of hydrogen-bond donors (Lipinski definition) is 2. The first-order valence-electron chi connectivity index (χ1n) is 10.8. The lowest BCUT2D eigenvalue weighted by atomic mass is 9.74. The average molecular weight is 386 g/mol. The maximum absolute atomic E-state index is 3.33. The van der Waals surface area contributed by atoms with E-state index in [2.05, 4.69) is 89.7 Å². The first-order chi connectivity index (χ1) is 14.9. The Morgan fingerprint density at radius 1 is 0.600 bits per heavy atom. The second-order valence-corrected chi connectivity index (χ2v) is 8.66. The summed E-state index contributed by atoms with van der Waals surface area (Å²) in [7, 11) is 0. The molecule has 2 aliphatic carbocycles. The molecule has 1 aliphatic heterocycles.